The second-order valence-electron chi connectivity index (χ2n) is 9.29. The van der Waals surface area contributed by atoms with Crippen molar-refractivity contribution in [3.05, 3.63) is 63.7 Å². The van der Waals surface area contributed by atoms with Crippen LogP contribution in [0.5, 0.6) is 5.75 Å². The molecule has 2 amide bonds. The second-order valence-corrected chi connectivity index (χ2v) is 9.29. The first-order valence-electron chi connectivity index (χ1n) is 11.7. The van der Waals surface area contributed by atoms with Gasteiger partial charge in [0.2, 0.25) is 11.8 Å². The third-order valence-electron chi connectivity index (χ3n) is 6.33. The number of hydrogen-bond donors (Lipinski definition) is 1. The van der Waals surface area contributed by atoms with E-state index in [2.05, 4.69) is 31.3 Å². The Hall–Kier alpha value is -3.42. The molecule has 0 radical (unpaired) electrons. The molecule has 0 saturated carbocycles. The summed E-state index contributed by atoms with van der Waals surface area (Å²) in [5.74, 6) is 0.159. The predicted molar refractivity (Wildman–Crippen MR) is 131 cm³/mol. The van der Waals surface area contributed by atoms with Gasteiger partial charge in [-0.1, -0.05) is 38.1 Å². The number of nitro benzene ring substituents is 1. The van der Waals surface area contributed by atoms with Gasteiger partial charge in [0.15, 0.2) is 0 Å². The van der Waals surface area contributed by atoms with Crippen molar-refractivity contribution in [2.75, 3.05) is 25.5 Å². The maximum absolute atomic E-state index is 13.0. The van der Waals surface area contributed by atoms with Crippen molar-refractivity contribution in [1.82, 2.24) is 4.90 Å². The Balaban J connectivity index is 1.57. The number of ether oxygens (including phenoxy) is 1. The Bertz CT molecular complexity index is 1030. The van der Waals surface area contributed by atoms with Gasteiger partial charge in [-0.2, -0.15) is 0 Å². The van der Waals surface area contributed by atoms with Crippen molar-refractivity contribution >= 4 is 23.2 Å². The number of carbonyl (C=O) groups is 2. The van der Waals surface area contributed by atoms with Crippen LogP contribution in [0.15, 0.2) is 42.5 Å². The maximum Gasteiger partial charge on any atom is 0.296 e. The minimum absolute atomic E-state index is 0.0567. The minimum atomic E-state index is -0.545. The van der Waals surface area contributed by atoms with E-state index in [-0.39, 0.29) is 35.0 Å². The smallest absolute Gasteiger partial charge is 0.296 e. The van der Waals surface area contributed by atoms with E-state index in [1.807, 2.05) is 24.0 Å². The second kappa shape index (κ2) is 11.1. The summed E-state index contributed by atoms with van der Waals surface area (Å²) in [4.78, 5) is 38.4. The summed E-state index contributed by atoms with van der Waals surface area (Å²) < 4.78 is 5.03. The predicted octanol–water partition coefficient (Wildman–Crippen LogP) is 4.78. The molecular weight excluding hydrogens is 434 g/mol. The molecule has 1 fully saturated rings. The molecule has 2 aromatic rings. The van der Waals surface area contributed by atoms with Gasteiger partial charge in [-0.05, 0) is 55.4 Å². The standard InChI is InChI=1S/C26H33N3O5/c1-17(2)15-19-5-7-20(8-6-19)18(3)26(31)28-13-11-21(12-14-28)25(30)27-23-10-9-22(34-4)16-24(23)29(32)33/h5-10,16-18,21H,11-15H2,1-4H3,(H,27,30). The SMILES string of the molecule is COc1ccc(NC(=O)C2CCN(C(=O)C(C)c3ccc(CC(C)C)cc3)CC2)c([N+](=O)[O-])c1. The quantitative estimate of drug-likeness (QED) is 0.445. The van der Waals surface area contributed by atoms with Crippen molar-refractivity contribution in [2.45, 2.75) is 46.0 Å². The molecule has 3 rings (SSSR count). The topological polar surface area (TPSA) is 102 Å². The number of likely N-dealkylation sites (tertiary alicyclic amines) is 1. The number of amides is 2. The van der Waals surface area contributed by atoms with E-state index in [0.29, 0.717) is 37.6 Å². The van der Waals surface area contributed by atoms with Crippen LogP contribution >= 0.6 is 0 Å². The van der Waals surface area contributed by atoms with E-state index in [0.717, 1.165) is 12.0 Å². The van der Waals surface area contributed by atoms with Gasteiger partial charge < -0.3 is 15.0 Å². The summed E-state index contributed by atoms with van der Waals surface area (Å²) in [6, 6.07) is 12.6. The van der Waals surface area contributed by atoms with Crippen molar-refractivity contribution in [3.8, 4) is 5.75 Å². The van der Waals surface area contributed by atoms with Crippen molar-refractivity contribution in [3.63, 3.8) is 0 Å². The lowest BCUT2D eigenvalue weighted by Crippen LogP contribution is -2.43. The van der Waals surface area contributed by atoms with E-state index < -0.39 is 4.92 Å². The number of anilines is 1. The molecule has 8 nitrogen and oxygen atoms in total. The zero-order valence-electron chi connectivity index (χ0n) is 20.2. The summed E-state index contributed by atoms with van der Waals surface area (Å²) in [6.45, 7) is 7.25. The number of nitrogens with zero attached hydrogens (tertiary/aromatic N) is 2. The van der Waals surface area contributed by atoms with Crippen molar-refractivity contribution in [2.24, 2.45) is 11.8 Å². The molecule has 0 aromatic heterocycles. The monoisotopic (exact) mass is 467 g/mol. The van der Waals surface area contributed by atoms with Crippen LogP contribution in [0.2, 0.25) is 0 Å². The number of nitrogens with one attached hydrogen (secondary N) is 1. The van der Waals surface area contributed by atoms with Gasteiger partial charge in [-0.3, -0.25) is 19.7 Å². The molecule has 1 atom stereocenters. The number of rotatable bonds is 8. The Morgan fingerprint density at radius 2 is 1.76 bits per heavy atom. The van der Waals surface area contributed by atoms with Gasteiger partial charge in [0.05, 0.1) is 24.0 Å². The molecule has 1 N–H and O–H groups in total. The van der Waals surface area contributed by atoms with Crippen molar-refractivity contribution < 1.29 is 19.2 Å². The summed E-state index contributed by atoms with van der Waals surface area (Å²) >= 11 is 0. The highest BCUT2D eigenvalue weighted by molar-refractivity contribution is 5.95. The lowest BCUT2D eigenvalue weighted by molar-refractivity contribution is -0.384. The van der Waals surface area contributed by atoms with Crippen LogP contribution in [-0.2, 0) is 16.0 Å². The lowest BCUT2D eigenvalue weighted by Gasteiger charge is -2.33. The molecule has 2 aromatic carbocycles. The molecule has 0 bridgehead atoms. The highest BCUT2D eigenvalue weighted by atomic mass is 16.6. The van der Waals surface area contributed by atoms with E-state index >= 15 is 0 Å². The largest absolute Gasteiger partial charge is 0.496 e. The summed E-state index contributed by atoms with van der Waals surface area (Å²) in [5.41, 5.74) is 2.18. The molecule has 182 valence electrons. The zero-order valence-corrected chi connectivity index (χ0v) is 20.2. The summed E-state index contributed by atoms with van der Waals surface area (Å²) in [5, 5.41) is 14.1. The fourth-order valence-electron chi connectivity index (χ4n) is 4.32. The molecular formula is C26H33N3O5. The minimum Gasteiger partial charge on any atom is -0.496 e. The first-order valence-corrected chi connectivity index (χ1v) is 11.7. The molecule has 1 saturated heterocycles. The zero-order chi connectivity index (χ0) is 24.8. The van der Waals surface area contributed by atoms with Crippen LogP contribution in [0, 0.1) is 22.0 Å². The van der Waals surface area contributed by atoms with Gasteiger partial charge in [0.1, 0.15) is 11.4 Å². The maximum atomic E-state index is 13.0. The molecule has 1 unspecified atom stereocenters. The number of piperidine rings is 1. The van der Waals surface area contributed by atoms with Crippen LogP contribution < -0.4 is 10.1 Å². The fourth-order valence-corrected chi connectivity index (χ4v) is 4.32. The molecule has 0 aliphatic carbocycles. The number of benzene rings is 2. The Morgan fingerprint density at radius 1 is 1.12 bits per heavy atom. The van der Waals surface area contributed by atoms with Gasteiger partial charge in [-0.25, -0.2) is 0 Å². The van der Waals surface area contributed by atoms with E-state index in [9.17, 15) is 19.7 Å². The molecule has 0 spiro atoms. The highest BCUT2D eigenvalue weighted by Gasteiger charge is 2.30. The molecule has 1 heterocycles. The van der Waals surface area contributed by atoms with E-state index in [1.54, 1.807) is 6.07 Å². The Kier molecular flexibility index (Phi) is 8.26. The number of carbonyl (C=O) groups excluding carboxylic acids is 2. The molecule has 1 aliphatic rings. The normalized spacial score (nSPS) is 15.1. The van der Waals surface area contributed by atoms with Crippen LogP contribution in [0.1, 0.15) is 50.7 Å². The molecule has 8 heteroatoms. The summed E-state index contributed by atoms with van der Waals surface area (Å²) in [7, 11) is 1.43. The molecule has 1 aliphatic heterocycles. The average Bonchev–Trinajstić information content (AvgIpc) is 2.83. The van der Waals surface area contributed by atoms with Crippen molar-refractivity contribution in [1.29, 1.82) is 0 Å². The van der Waals surface area contributed by atoms with Gasteiger partial charge >= 0.3 is 0 Å². The van der Waals surface area contributed by atoms with Gasteiger partial charge in [0, 0.05) is 19.0 Å². The first-order chi connectivity index (χ1) is 16.2. The Morgan fingerprint density at radius 3 is 2.32 bits per heavy atom. The number of nitro groups is 1. The van der Waals surface area contributed by atoms with E-state index in [4.69, 9.17) is 4.74 Å². The Labute approximate surface area is 200 Å². The lowest BCUT2D eigenvalue weighted by atomic mass is 9.92. The number of hydrogen-bond acceptors (Lipinski definition) is 5. The number of methoxy groups -OCH3 is 1. The van der Waals surface area contributed by atoms with Crippen LogP contribution in [-0.4, -0.2) is 41.8 Å². The van der Waals surface area contributed by atoms with E-state index in [1.165, 1.54) is 24.8 Å². The first kappa shape index (κ1) is 25.2. The third-order valence-corrected chi connectivity index (χ3v) is 6.33. The van der Waals surface area contributed by atoms with Crippen LogP contribution in [0.4, 0.5) is 11.4 Å². The van der Waals surface area contributed by atoms with Gasteiger partial charge in [-0.15, -0.1) is 0 Å². The average molecular weight is 468 g/mol. The van der Waals surface area contributed by atoms with Crippen LogP contribution in [0.25, 0.3) is 0 Å². The molecule has 34 heavy (non-hydrogen) atoms. The fraction of sp³-hybridized carbons (Fsp3) is 0.462. The summed E-state index contributed by atoms with van der Waals surface area (Å²) in [6.07, 6.45) is 2.04. The van der Waals surface area contributed by atoms with Gasteiger partial charge in [0.25, 0.3) is 5.69 Å². The third kappa shape index (κ3) is 6.12. The highest BCUT2D eigenvalue weighted by Crippen LogP contribution is 2.30. The van der Waals surface area contributed by atoms with Crippen LogP contribution in [0.3, 0.4) is 0 Å².